The molecule has 0 atom stereocenters. The molecular weight excluding hydrogens is 216 g/mol. The molecule has 0 radical (unpaired) electrons. The van der Waals surface area contributed by atoms with Gasteiger partial charge in [0.05, 0.1) is 11.8 Å². The lowest BCUT2D eigenvalue weighted by Crippen LogP contribution is -2.38. The predicted octanol–water partition coefficient (Wildman–Crippen LogP) is 1.59. The van der Waals surface area contributed by atoms with Gasteiger partial charge < -0.3 is 4.90 Å². The third-order valence-electron chi connectivity index (χ3n) is 2.55. The highest BCUT2D eigenvalue weighted by Gasteiger charge is 2.22. The summed E-state index contributed by atoms with van der Waals surface area (Å²) in [5.74, 6) is -0.135. The van der Waals surface area contributed by atoms with Crippen LogP contribution < -0.4 is 0 Å². The van der Waals surface area contributed by atoms with Gasteiger partial charge in [-0.25, -0.2) is 0 Å². The van der Waals surface area contributed by atoms with Crippen LogP contribution in [-0.4, -0.2) is 33.2 Å². The van der Waals surface area contributed by atoms with Gasteiger partial charge >= 0.3 is 0 Å². The molecule has 1 aromatic rings. The minimum atomic E-state index is -0.135. The normalized spacial score (nSPS) is 10.4. The molecule has 0 aliphatic carbocycles. The lowest BCUT2D eigenvalue weighted by Gasteiger charge is -2.23. The van der Waals surface area contributed by atoms with Gasteiger partial charge in [-0.3, -0.25) is 9.48 Å². The van der Waals surface area contributed by atoms with Crippen molar-refractivity contribution in [2.75, 3.05) is 6.54 Å². The van der Waals surface area contributed by atoms with Crippen molar-refractivity contribution in [2.45, 2.75) is 40.3 Å². The Balaban J connectivity index is 3.05. The number of aromatic nitrogens is 2. The van der Waals surface area contributed by atoms with Crippen LogP contribution in [0.1, 0.15) is 37.0 Å². The molecule has 5 nitrogen and oxygen atoms in total. The number of nitrogens with zero attached hydrogens (tertiary/aromatic N) is 4. The van der Waals surface area contributed by atoms with Crippen molar-refractivity contribution in [3.8, 4) is 6.07 Å². The lowest BCUT2D eigenvalue weighted by molar-refractivity contribution is 0.0719. The van der Waals surface area contributed by atoms with Gasteiger partial charge in [-0.15, -0.1) is 0 Å². The topological polar surface area (TPSA) is 61.9 Å². The Kier molecular flexibility index (Phi) is 4.27. The molecule has 0 spiro atoms. The summed E-state index contributed by atoms with van der Waals surface area (Å²) in [6.07, 6.45) is 0. The third-order valence-corrected chi connectivity index (χ3v) is 2.55. The molecule has 0 N–H and O–H groups in total. The van der Waals surface area contributed by atoms with Crippen LogP contribution >= 0.6 is 0 Å². The number of carbonyl (C=O) groups excluding carboxylic acids is 1. The van der Waals surface area contributed by atoms with Gasteiger partial charge in [-0.1, -0.05) is 0 Å². The van der Waals surface area contributed by atoms with Crippen LogP contribution in [0.5, 0.6) is 0 Å². The van der Waals surface area contributed by atoms with Crippen molar-refractivity contribution >= 4 is 5.91 Å². The van der Waals surface area contributed by atoms with Crippen molar-refractivity contribution in [3.05, 3.63) is 17.5 Å². The summed E-state index contributed by atoms with van der Waals surface area (Å²) in [4.78, 5) is 13.8. The van der Waals surface area contributed by atoms with Gasteiger partial charge in [0.2, 0.25) is 0 Å². The molecule has 0 saturated heterocycles. The van der Waals surface area contributed by atoms with E-state index in [0.717, 1.165) is 5.69 Å². The highest BCUT2D eigenvalue weighted by atomic mass is 16.2. The summed E-state index contributed by atoms with van der Waals surface area (Å²) >= 11 is 0. The van der Waals surface area contributed by atoms with Crippen molar-refractivity contribution in [3.63, 3.8) is 0 Å². The van der Waals surface area contributed by atoms with E-state index in [4.69, 9.17) is 5.26 Å². The molecule has 0 unspecified atom stereocenters. The summed E-state index contributed by atoms with van der Waals surface area (Å²) in [5.41, 5.74) is 1.37. The second-order valence-electron chi connectivity index (χ2n) is 4.17. The van der Waals surface area contributed by atoms with Crippen molar-refractivity contribution in [1.82, 2.24) is 14.7 Å². The number of aryl methyl sites for hydroxylation is 2. The maximum absolute atomic E-state index is 12.3. The molecule has 1 heterocycles. The average Bonchev–Trinajstić information content (AvgIpc) is 2.66. The number of amides is 1. The van der Waals surface area contributed by atoms with Gasteiger partial charge in [0.15, 0.2) is 0 Å². The van der Waals surface area contributed by atoms with Gasteiger partial charge in [0.25, 0.3) is 5.91 Å². The summed E-state index contributed by atoms with van der Waals surface area (Å²) < 4.78 is 1.67. The minimum absolute atomic E-state index is 0.00247. The molecule has 17 heavy (non-hydrogen) atoms. The molecule has 0 fully saturated rings. The van der Waals surface area contributed by atoms with Crippen LogP contribution in [0, 0.1) is 18.3 Å². The SMILES string of the molecule is CCn1nc(C)cc1C(=O)N(CC#N)C(C)C. The Morgan fingerprint density at radius 1 is 1.65 bits per heavy atom. The molecule has 0 aromatic carbocycles. The Labute approximate surface area is 102 Å². The van der Waals surface area contributed by atoms with Crippen molar-refractivity contribution in [2.24, 2.45) is 0 Å². The van der Waals surface area contributed by atoms with E-state index in [1.807, 2.05) is 33.8 Å². The number of rotatable bonds is 4. The average molecular weight is 234 g/mol. The first-order valence-corrected chi connectivity index (χ1v) is 5.73. The number of hydrogen-bond acceptors (Lipinski definition) is 3. The molecule has 0 bridgehead atoms. The smallest absolute Gasteiger partial charge is 0.273 e. The van der Waals surface area contributed by atoms with E-state index in [1.54, 1.807) is 15.6 Å². The van der Waals surface area contributed by atoms with E-state index in [0.29, 0.717) is 12.2 Å². The van der Waals surface area contributed by atoms with Crippen LogP contribution in [0.4, 0.5) is 0 Å². The second kappa shape index (κ2) is 5.48. The molecule has 1 rings (SSSR count). The Morgan fingerprint density at radius 2 is 2.29 bits per heavy atom. The lowest BCUT2D eigenvalue weighted by atomic mass is 10.2. The fraction of sp³-hybridized carbons (Fsp3) is 0.583. The van der Waals surface area contributed by atoms with E-state index in [9.17, 15) is 4.79 Å². The molecule has 1 aromatic heterocycles. The predicted molar refractivity (Wildman–Crippen MR) is 64.4 cm³/mol. The molecular formula is C12H18N4O. The van der Waals surface area contributed by atoms with E-state index >= 15 is 0 Å². The van der Waals surface area contributed by atoms with E-state index < -0.39 is 0 Å². The maximum atomic E-state index is 12.3. The molecule has 0 saturated carbocycles. The molecule has 1 amide bonds. The first kappa shape index (κ1) is 13.2. The zero-order chi connectivity index (χ0) is 13.0. The molecule has 0 aliphatic heterocycles. The Bertz CT molecular complexity index is 442. The number of hydrogen-bond donors (Lipinski definition) is 0. The largest absolute Gasteiger partial charge is 0.322 e. The summed E-state index contributed by atoms with van der Waals surface area (Å²) in [6.45, 7) is 8.33. The van der Waals surface area contributed by atoms with Crippen LogP contribution in [-0.2, 0) is 6.54 Å². The zero-order valence-corrected chi connectivity index (χ0v) is 10.8. The second-order valence-corrected chi connectivity index (χ2v) is 4.17. The summed E-state index contributed by atoms with van der Waals surface area (Å²) in [6, 6.07) is 3.78. The number of carbonyl (C=O) groups is 1. The Hall–Kier alpha value is -1.83. The number of nitriles is 1. The van der Waals surface area contributed by atoms with Gasteiger partial charge in [-0.05, 0) is 33.8 Å². The summed E-state index contributed by atoms with van der Waals surface area (Å²) in [5, 5.41) is 13.0. The van der Waals surface area contributed by atoms with Crippen molar-refractivity contribution in [1.29, 1.82) is 5.26 Å². The zero-order valence-electron chi connectivity index (χ0n) is 10.8. The summed E-state index contributed by atoms with van der Waals surface area (Å²) in [7, 11) is 0. The van der Waals surface area contributed by atoms with E-state index in [-0.39, 0.29) is 18.5 Å². The van der Waals surface area contributed by atoms with Gasteiger partial charge in [0, 0.05) is 12.6 Å². The Morgan fingerprint density at radius 3 is 2.76 bits per heavy atom. The fourth-order valence-corrected chi connectivity index (χ4v) is 1.67. The molecule has 0 aliphatic rings. The standard InChI is InChI=1S/C12H18N4O/c1-5-16-11(8-10(4)14-16)12(17)15(7-6-13)9(2)3/h8-9H,5,7H2,1-4H3. The molecule has 5 heteroatoms. The van der Waals surface area contributed by atoms with E-state index in [1.165, 1.54) is 0 Å². The van der Waals surface area contributed by atoms with Crippen LogP contribution in [0.15, 0.2) is 6.07 Å². The third kappa shape index (κ3) is 2.84. The maximum Gasteiger partial charge on any atom is 0.273 e. The van der Waals surface area contributed by atoms with Crippen LogP contribution in [0.3, 0.4) is 0 Å². The van der Waals surface area contributed by atoms with Crippen molar-refractivity contribution < 1.29 is 4.79 Å². The fourth-order valence-electron chi connectivity index (χ4n) is 1.67. The first-order chi connectivity index (χ1) is 8.01. The van der Waals surface area contributed by atoms with Crippen LogP contribution in [0.25, 0.3) is 0 Å². The highest BCUT2D eigenvalue weighted by molar-refractivity contribution is 5.93. The molecule has 92 valence electrons. The first-order valence-electron chi connectivity index (χ1n) is 5.73. The monoisotopic (exact) mass is 234 g/mol. The quantitative estimate of drug-likeness (QED) is 0.743. The van der Waals surface area contributed by atoms with Crippen LogP contribution in [0.2, 0.25) is 0 Å². The van der Waals surface area contributed by atoms with Gasteiger partial charge in [-0.2, -0.15) is 10.4 Å². The minimum Gasteiger partial charge on any atom is -0.322 e. The van der Waals surface area contributed by atoms with Gasteiger partial charge in [0.1, 0.15) is 12.2 Å². The van der Waals surface area contributed by atoms with E-state index in [2.05, 4.69) is 5.10 Å². The highest BCUT2D eigenvalue weighted by Crippen LogP contribution is 2.10.